The van der Waals surface area contributed by atoms with E-state index in [4.69, 9.17) is 5.73 Å². The van der Waals surface area contributed by atoms with Crippen LogP contribution in [0.2, 0.25) is 0 Å². The summed E-state index contributed by atoms with van der Waals surface area (Å²) in [6.45, 7) is -1.64. The van der Waals surface area contributed by atoms with Crippen molar-refractivity contribution >= 4 is 26.4 Å². The number of benzene rings is 2. The Bertz CT molecular complexity index is 1620. The zero-order valence-electron chi connectivity index (χ0n) is 23.3. The van der Waals surface area contributed by atoms with Crippen LogP contribution in [0.1, 0.15) is 42.5 Å². The van der Waals surface area contributed by atoms with Crippen molar-refractivity contribution in [3.8, 4) is 11.8 Å². The monoisotopic (exact) mass is 614 g/mol. The van der Waals surface area contributed by atoms with Crippen LogP contribution in [0.3, 0.4) is 0 Å². The van der Waals surface area contributed by atoms with Crippen LogP contribution in [0.4, 0.5) is 32.0 Å². The topological polar surface area (TPSA) is 80.4 Å². The van der Waals surface area contributed by atoms with Gasteiger partial charge in [-0.05, 0) is 81.6 Å². The molecule has 1 aliphatic carbocycles. The van der Waals surface area contributed by atoms with Gasteiger partial charge in [0, 0.05) is 34.4 Å². The van der Waals surface area contributed by atoms with Crippen LogP contribution in [0, 0.1) is 11.8 Å². The van der Waals surface area contributed by atoms with Crippen molar-refractivity contribution < 1.29 is 34.8 Å². The molecule has 0 bridgehead atoms. The van der Waals surface area contributed by atoms with Gasteiger partial charge in [0.2, 0.25) is 0 Å². The minimum Gasteiger partial charge on any atom is -0.374 e. The molecule has 4 rings (SSSR count). The minimum absolute atomic E-state index is 0.0469. The van der Waals surface area contributed by atoms with E-state index in [1.54, 1.807) is 18.2 Å². The second kappa shape index (κ2) is 11.5. The number of hydrogen-bond acceptors (Lipinski definition) is 5. The lowest BCUT2D eigenvalue weighted by Crippen LogP contribution is -2.44. The quantitative estimate of drug-likeness (QED) is 0.273. The lowest BCUT2D eigenvalue weighted by atomic mass is 9.74. The van der Waals surface area contributed by atoms with Gasteiger partial charge in [-0.3, -0.25) is 0 Å². The first-order valence-electron chi connectivity index (χ1n) is 13.2. The summed E-state index contributed by atoms with van der Waals surface area (Å²) in [7, 11) is 0.121. The van der Waals surface area contributed by atoms with Gasteiger partial charge in [-0.15, -0.1) is 0 Å². The number of nitrogens with one attached hydrogen (secondary N) is 1. The maximum absolute atomic E-state index is 13.6. The molecule has 0 amide bonds. The van der Waals surface area contributed by atoms with Gasteiger partial charge in [-0.1, -0.05) is 18.1 Å². The third-order valence-corrected chi connectivity index (χ3v) is 8.82. The van der Waals surface area contributed by atoms with Crippen molar-refractivity contribution in [2.75, 3.05) is 32.2 Å². The summed E-state index contributed by atoms with van der Waals surface area (Å²) in [6, 6.07) is 9.55. The predicted molar refractivity (Wildman–Crippen MR) is 150 cm³/mol. The summed E-state index contributed by atoms with van der Waals surface area (Å²) in [6.07, 6.45) is -5.61. The molecule has 3 aromatic rings. The van der Waals surface area contributed by atoms with Crippen LogP contribution < -0.4 is 11.1 Å². The van der Waals surface area contributed by atoms with Crippen molar-refractivity contribution in [3.63, 3.8) is 0 Å². The van der Waals surface area contributed by atoms with Crippen LogP contribution >= 0.6 is 0 Å². The molecule has 0 saturated heterocycles. The van der Waals surface area contributed by atoms with E-state index in [1.807, 2.05) is 20.2 Å². The molecule has 1 saturated carbocycles. The Morgan fingerprint density at radius 2 is 1.74 bits per heavy atom. The van der Waals surface area contributed by atoms with Crippen molar-refractivity contribution in [1.29, 1.82) is 0 Å². The fourth-order valence-corrected chi connectivity index (χ4v) is 6.14. The molecule has 13 heteroatoms. The number of nitrogens with two attached hydrogens (primary N) is 1. The number of hydrogen-bond donors (Lipinski definition) is 2. The van der Waals surface area contributed by atoms with E-state index in [2.05, 4.69) is 22.1 Å². The second-order valence-electron chi connectivity index (χ2n) is 11.0. The van der Waals surface area contributed by atoms with E-state index in [-0.39, 0.29) is 12.2 Å². The highest BCUT2D eigenvalue weighted by Gasteiger charge is 2.37. The van der Waals surface area contributed by atoms with Crippen LogP contribution in [0.25, 0.3) is 10.9 Å². The predicted octanol–water partition coefficient (Wildman–Crippen LogP) is 5.75. The average molecular weight is 615 g/mol. The first-order chi connectivity index (χ1) is 19.4. The summed E-state index contributed by atoms with van der Waals surface area (Å²) >= 11 is 0. The standard InChI is InChI=1S/C29H32F6N4O2S/c1-38(2)19-11-13-27(36,14-12-19)23-7-4-8-26-22(23)16-20(39(26)18-28(30,31)32)6-5-15-37-25-10-9-21(42(3,40)41)17-24(25)29(33,34)35/h4,7-10,16-17,19,37H,11-15,18,36H2,1-3H3. The van der Waals surface area contributed by atoms with E-state index in [9.17, 15) is 34.8 Å². The Hall–Kier alpha value is -3.21. The summed E-state index contributed by atoms with van der Waals surface area (Å²) in [5, 5.41) is 3.06. The van der Waals surface area contributed by atoms with Crippen LogP contribution in [0.5, 0.6) is 0 Å². The van der Waals surface area contributed by atoms with Crippen molar-refractivity contribution in [2.45, 2.75) is 61.1 Å². The van der Waals surface area contributed by atoms with E-state index < -0.39 is 50.4 Å². The van der Waals surface area contributed by atoms with E-state index in [1.165, 1.54) is 0 Å². The smallest absolute Gasteiger partial charge is 0.374 e. The highest BCUT2D eigenvalue weighted by Crippen LogP contribution is 2.40. The Labute approximate surface area is 240 Å². The third kappa shape index (κ3) is 7.04. The lowest BCUT2D eigenvalue weighted by molar-refractivity contribution is -0.140. The number of aromatic nitrogens is 1. The first kappa shape index (κ1) is 31.7. The zero-order chi connectivity index (χ0) is 31.1. The molecule has 1 heterocycles. The molecular weight excluding hydrogens is 582 g/mol. The van der Waals surface area contributed by atoms with E-state index >= 15 is 0 Å². The maximum atomic E-state index is 13.6. The fourth-order valence-electron chi connectivity index (χ4n) is 5.49. The Kier molecular flexibility index (Phi) is 8.66. The number of rotatable bonds is 6. The zero-order valence-corrected chi connectivity index (χ0v) is 24.1. The van der Waals surface area contributed by atoms with Gasteiger partial charge in [0.1, 0.15) is 6.54 Å². The SMILES string of the molecule is CN(C)C1CCC(N)(c2cccc3c2cc(C#CCNc2ccc(S(C)(=O)=O)cc2C(F)(F)F)n3CC(F)(F)F)CC1. The molecule has 6 nitrogen and oxygen atoms in total. The first-order valence-corrected chi connectivity index (χ1v) is 15.1. The summed E-state index contributed by atoms with van der Waals surface area (Å²) < 4.78 is 106. The normalized spacial score (nSPS) is 20.0. The Morgan fingerprint density at radius 1 is 1.07 bits per heavy atom. The molecule has 42 heavy (non-hydrogen) atoms. The second-order valence-corrected chi connectivity index (χ2v) is 13.0. The molecule has 0 radical (unpaired) electrons. The highest BCUT2D eigenvalue weighted by atomic mass is 32.2. The largest absolute Gasteiger partial charge is 0.418 e. The number of fused-ring (bicyclic) bond motifs is 1. The van der Waals surface area contributed by atoms with Gasteiger partial charge in [0.25, 0.3) is 0 Å². The summed E-state index contributed by atoms with van der Waals surface area (Å²) in [4.78, 5) is 1.64. The molecule has 3 N–H and O–H groups in total. The number of alkyl halides is 6. The van der Waals surface area contributed by atoms with Gasteiger partial charge >= 0.3 is 12.4 Å². The van der Waals surface area contributed by atoms with E-state index in [0.29, 0.717) is 35.9 Å². The van der Waals surface area contributed by atoms with Crippen LogP contribution in [-0.2, 0) is 28.1 Å². The van der Waals surface area contributed by atoms with Gasteiger partial charge in [0.15, 0.2) is 9.84 Å². The summed E-state index contributed by atoms with van der Waals surface area (Å²) in [5.74, 6) is 5.30. The van der Waals surface area contributed by atoms with Crippen molar-refractivity contribution in [1.82, 2.24) is 9.47 Å². The Morgan fingerprint density at radius 3 is 2.31 bits per heavy atom. The third-order valence-electron chi connectivity index (χ3n) is 7.71. The Balaban J connectivity index is 1.68. The molecule has 0 unspecified atom stereocenters. The lowest BCUT2D eigenvalue weighted by Gasteiger charge is -2.40. The van der Waals surface area contributed by atoms with Gasteiger partial charge in [0.05, 0.1) is 22.7 Å². The highest BCUT2D eigenvalue weighted by molar-refractivity contribution is 7.90. The molecule has 0 spiro atoms. The van der Waals surface area contributed by atoms with E-state index in [0.717, 1.165) is 41.4 Å². The number of nitrogens with zero attached hydrogens (tertiary/aromatic N) is 2. The molecule has 1 aliphatic rings. The molecule has 1 aromatic heterocycles. The number of sulfone groups is 1. The van der Waals surface area contributed by atoms with Crippen molar-refractivity contribution in [3.05, 3.63) is 59.3 Å². The molecule has 0 aliphatic heterocycles. The summed E-state index contributed by atoms with van der Waals surface area (Å²) in [5.41, 5.74) is 5.62. The maximum Gasteiger partial charge on any atom is 0.418 e. The number of anilines is 1. The molecule has 0 atom stereocenters. The van der Waals surface area contributed by atoms with Crippen LogP contribution in [0.15, 0.2) is 47.4 Å². The van der Waals surface area contributed by atoms with Gasteiger partial charge in [-0.2, -0.15) is 26.3 Å². The van der Waals surface area contributed by atoms with Crippen molar-refractivity contribution in [2.24, 2.45) is 5.73 Å². The van der Waals surface area contributed by atoms with Crippen LogP contribution in [-0.4, -0.2) is 57.0 Å². The molecule has 1 fully saturated rings. The molecular formula is C29H32F6N4O2S. The van der Waals surface area contributed by atoms with Gasteiger partial charge < -0.3 is 20.5 Å². The minimum atomic E-state index is -4.85. The average Bonchev–Trinajstić information content (AvgIpc) is 3.21. The molecule has 2 aromatic carbocycles. The fraction of sp³-hybridized carbons (Fsp3) is 0.448. The number of halogens is 6. The van der Waals surface area contributed by atoms with Gasteiger partial charge in [-0.25, -0.2) is 8.42 Å². The molecule has 228 valence electrons.